The maximum Gasteiger partial charge on any atom is 0.320 e. The molecule has 0 bridgehead atoms. The third-order valence-corrected chi connectivity index (χ3v) is 2.87. The second-order valence-corrected chi connectivity index (χ2v) is 6.16. The maximum absolute atomic E-state index is 11.6. The minimum atomic E-state index is -0.431. The number of hydrogen-bond acceptors (Lipinski definition) is 3. The summed E-state index contributed by atoms with van der Waals surface area (Å²) in [5, 5.41) is 3.15. The SMILES string of the molecule is C[C@H](NCC(=O)OC(C)(C)C)c1ccc(Br)cc1. The highest BCUT2D eigenvalue weighted by Crippen LogP contribution is 2.16. The molecule has 0 aromatic heterocycles. The number of ether oxygens (including phenoxy) is 1. The van der Waals surface area contributed by atoms with E-state index < -0.39 is 5.60 Å². The number of hydrogen-bond donors (Lipinski definition) is 1. The van der Waals surface area contributed by atoms with E-state index in [1.807, 2.05) is 52.0 Å². The number of carbonyl (C=O) groups excluding carboxylic acids is 1. The summed E-state index contributed by atoms with van der Waals surface area (Å²) in [7, 11) is 0. The summed E-state index contributed by atoms with van der Waals surface area (Å²) in [5.74, 6) is -0.230. The van der Waals surface area contributed by atoms with Crippen molar-refractivity contribution >= 4 is 21.9 Å². The first-order valence-electron chi connectivity index (χ1n) is 5.98. The number of carbonyl (C=O) groups is 1. The van der Waals surface area contributed by atoms with Gasteiger partial charge in [0.15, 0.2) is 0 Å². The van der Waals surface area contributed by atoms with E-state index in [4.69, 9.17) is 4.74 Å². The normalized spacial score (nSPS) is 13.2. The fraction of sp³-hybridized carbons (Fsp3) is 0.500. The third kappa shape index (κ3) is 5.65. The van der Waals surface area contributed by atoms with Crippen LogP contribution >= 0.6 is 15.9 Å². The van der Waals surface area contributed by atoms with Crippen LogP contribution in [0, 0.1) is 0 Å². The van der Waals surface area contributed by atoms with E-state index in [1.54, 1.807) is 0 Å². The summed E-state index contributed by atoms with van der Waals surface area (Å²) in [6, 6.07) is 8.14. The quantitative estimate of drug-likeness (QED) is 0.865. The van der Waals surface area contributed by atoms with Crippen molar-refractivity contribution in [2.75, 3.05) is 6.54 Å². The number of benzene rings is 1. The summed E-state index contributed by atoms with van der Waals surface area (Å²) in [6.45, 7) is 7.83. The van der Waals surface area contributed by atoms with Crippen molar-refractivity contribution in [2.24, 2.45) is 0 Å². The van der Waals surface area contributed by atoms with Gasteiger partial charge in [-0.1, -0.05) is 28.1 Å². The molecule has 1 atom stereocenters. The zero-order chi connectivity index (χ0) is 13.8. The molecule has 0 radical (unpaired) electrons. The number of halogens is 1. The van der Waals surface area contributed by atoms with Crippen LogP contribution in [0.15, 0.2) is 28.7 Å². The Hall–Kier alpha value is -0.870. The van der Waals surface area contributed by atoms with Crippen LogP contribution in [0.3, 0.4) is 0 Å². The van der Waals surface area contributed by atoms with Gasteiger partial charge in [-0.05, 0) is 45.4 Å². The monoisotopic (exact) mass is 313 g/mol. The molecule has 0 saturated heterocycles. The smallest absolute Gasteiger partial charge is 0.320 e. The second-order valence-electron chi connectivity index (χ2n) is 5.24. The molecule has 0 spiro atoms. The molecule has 0 aliphatic heterocycles. The van der Waals surface area contributed by atoms with E-state index in [2.05, 4.69) is 21.2 Å². The largest absolute Gasteiger partial charge is 0.459 e. The first-order chi connectivity index (χ1) is 8.28. The zero-order valence-electron chi connectivity index (χ0n) is 11.3. The Bertz CT molecular complexity index is 395. The molecule has 0 aliphatic rings. The highest BCUT2D eigenvalue weighted by Gasteiger charge is 2.16. The van der Waals surface area contributed by atoms with Crippen molar-refractivity contribution in [2.45, 2.75) is 39.3 Å². The molecule has 1 aromatic carbocycles. The molecular formula is C14H20BrNO2. The van der Waals surface area contributed by atoms with Crippen molar-refractivity contribution in [3.05, 3.63) is 34.3 Å². The summed E-state index contributed by atoms with van der Waals surface area (Å²) < 4.78 is 6.28. The van der Waals surface area contributed by atoms with Crippen molar-refractivity contribution in [1.29, 1.82) is 0 Å². The standard InChI is InChI=1S/C14H20BrNO2/c1-10(11-5-7-12(15)8-6-11)16-9-13(17)18-14(2,3)4/h5-8,10,16H,9H2,1-4H3/t10-/m0/s1. The molecule has 1 aromatic rings. The van der Waals surface area contributed by atoms with Crippen molar-refractivity contribution in [1.82, 2.24) is 5.32 Å². The molecule has 0 saturated carbocycles. The van der Waals surface area contributed by atoms with Gasteiger partial charge in [0, 0.05) is 10.5 Å². The summed E-state index contributed by atoms with van der Waals surface area (Å²) in [6.07, 6.45) is 0. The van der Waals surface area contributed by atoms with Gasteiger partial charge >= 0.3 is 5.97 Å². The third-order valence-electron chi connectivity index (χ3n) is 2.34. The first kappa shape index (κ1) is 15.2. The summed E-state index contributed by atoms with van der Waals surface area (Å²) >= 11 is 3.40. The van der Waals surface area contributed by atoms with Gasteiger partial charge in [0.25, 0.3) is 0 Å². The molecule has 0 fully saturated rings. The zero-order valence-corrected chi connectivity index (χ0v) is 12.9. The highest BCUT2D eigenvalue weighted by molar-refractivity contribution is 9.10. The van der Waals surface area contributed by atoms with Crippen LogP contribution in [-0.4, -0.2) is 18.1 Å². The van der Waals surface area contributed by atoms with Crippen LogP contribution < -0.4 is 5.32 Å². The fourth-order valence-corrected chi connectivity index (χ4v) is 1.75. The Morgan fingerprint density at radius 1 is 1.33 bits per heavy atom. The van der Waals surface area contributed by atoms with E-state index >= 15 is 0 Å². The molecule has 0 amide bonds. The van der Waals surface area contributed by atoms with Gasteiger partial charge in [0.05, 0.1) is 6.54 Å². The van der Waals surface area contributed by atoms with E-state index in [9.17, 15) is 4.79 Å². The van der Waals surface area contributed by atoms with Crippen molar-refractivity contribution in [3.63, 3.8) is 0 Å². The van der Waals surface area contributed by atoms with Gasteiger partial charge in [-0.25, -0.2) is 0 Å². The molecule has 4 heteroatoms. The minimum absolute atomic E-state index is 0.116. The van der Waals surface area contributed by atoms with Crippen LogP contribution in [-0.2, 0) is 9.53 Å². The molecule has 18 heavy (non-hydrogen) atoms. The van der Waals surface area contributed by atoms with E-state index in [0.717, 1.165) is 10.0 Å². The van der Waals surface area contributed by atoms with Crippen LogP contribution in [0.1, 0.15) is 39.3 Å². The summed E-state index contributed by atoms with van der Waals surface area (Å²) in [4.78, 5) is 11.6. The Kier molecular flexibility index (Phi) is 5.35. The Morgan fingerprint density at radius 3 is 2.39 bits per heavy atom. The number of nitrogens with one attached hydrogen (secondary N) is 1. The predicted molar refractivity (Wildman–Crippen MR) is 76.4 cm³/mol. The molecule has 0 heterocycles. The number of esters is 1. The predicted octanol–water partition coefficient (Wildman–Crippen LogP) is 3.44. The van der Waals surface area contributed by atoms with Crippen molar-refractivity contribution < 1.29 is 9.53 Å². The fourth-order valence-electron chi connectivity index (χ4n) is 1.48. The van der Waals surface area contributed by atoms with Gasteiger partial charge < -0.3 is 10.1 Å². The molecule has 100 valence electrons. The van der Waals surface area contributed by atoms with Crippen LogP contribution in [0.5, 0.6) is 0 Å². The molecule has 3 nitrogen and oxygen atoms in total. The Balaban J connectivity index is 2.44. The first-order valence-corrected chi connectivity index (χ1v) is 6.78. The topological polar surface area (TPSA) is 38.3 Å². The highest BCUT2D eigenvalue weighted by atomic mass is 79.9. The van der Waals surface area contributed by atoms with E-state index in [0.29, 0.717) is 0 Å². The van der Waals surface area contributed by atoms with Gasteiger partial charge in [0.2, 0.25) is 0 Å². The van der Waals surface area contributed by atoms with Gasteiger partial charge in [0.1, 0.15) is 5.60 Å². The average Bonchev–Trinajstić information content (AvgIpc) is 2.24. The molecular weight excluding hydrogens is 294 g/mol. The molecule has 1 N–H and O–H groups in total. The summed E-state index contributed by atoms with van der Waals surface area (Å²) in [5.41, 5.74) is 0.710. The van der Waals surface area contributed by atoms with E-state index in [1.165, 1.54) is 0 Å². The van der Waals surface area contributed by atoms with Crippen LogP contribution in [0.2, 0.25) is 0 Å². The lowest BCUT2D eigenvalue weighted by atomic mass is 10.1. The lowest BCUT2D eigenvalue weighted by Gasteiger charge is -2.21. The van der Waals surface area contributed by atoms with Crippen LogP contribution in [0.25, 0.3) is 0 Å². The second kappa shape index (κ2) is 6.34. The molecule has 0 unspecified atom stereocenters. The lowest BCUT2D eigenvalue weighted by molar-refractivity contribution is -0.153. The average molecular weight is 314 g/mol. The Labute approximate surface area is 117 Å². The van der Waals surface area contributed by atoms with Crippen LogP contribution in [0.4, 0.5) is 0 Å². The maximum atomic E-state index is 11.6. The number of rotatable bonds is 4. The lowest BCUT2D eigenvalue weighted by Crippen LogP contribution is -2.32. The Morgan fingerprint density at radius 2 is 1.89 bits per heavy atom. The van der Waals surface area contributed by atoms with Gasteiger partial charge in [-0.3, -0.25) is 4.79 Å². The van der Waals surface area contributed by atoms with Gasteiger partial charge in [-0.2, -0.15) is 0 Å². The van der Waals surface area contributed by atoms with E-state index in [-0.39, 0.29) is 18.6 Å². The van der Waals surface area contributed by atoms with Gasteiger partial charge in [-0.15, -0.1) is 0 Å². The molecule has 1 rings (SSSR count). The minimum Gasteiger partial charge on any atom is -0.459 e. The molecule has 0 aliphatic carbocycles. The van der Waals surface area contributed by atoms with Crippen molar-refractivity contribution in [3.8, 4) is 0 Å².